The minimum Gasteiger partial charge on any atom is -0.453 e. The molecule has 5 heteroatoms. The lowest BCUT2D eigenvalue weighted by molar-refractivity contribution is 0.477. The number of fused-ring (bicyclic) bond motifs is 8. The summed E-state index contributed by atoms with van der Waals surface area (Å²) >= 11 is 1.84. The van der Waals surface area contributed by atoms with Crippen LogP contribution >= 0.6 is 11.3 Å². The van der Waals surface area contributed by atoms with E-state index in [2.05, 4.69) is 196 Å². The Balaban J connectivity index is 1.07. The summed E-state index contributed by atoms with van der Waals surface area (Å²) in [6, 6.07) is 67.1. The van der Waals surface area contributed by atoms with Crippen LogP contribution in [0.3, 0.4) is 0 Å². The molecular formula is C48H31N3OS. The van der Waals surface area contributed by atoms with Gasteiger partial charge in [-0.05, 0) is 91.0 Å². The average Bonchev–Trinajstić information content (AvgIpc) is 3.76. The Kier molecular flexibility index (Phi) is 6.69. The lowest BCUT2D eigenvalue weighted by Crippen LogP contribution is -2.16. The van der Waals surface area contributed by atoms with Crippen molar-refractivity contribution in [2.75, 3.05) is 9.80 Å². The predicted octanol–water partition coefficient (Wildman–Crippen LogP) is 14.2. The molecule has 2 aromatic heterocycles. The summed E-state index contributed by atoms with van der Waals surface area (Å²) in [5.41, 5.74) is 9.79. The fraction of sp³-hybridized carbons (Fsp3) is 0. The number of nitrogens with zero attached hydrogens (tertiary/aromatic N) is 3. The van der Waals surface area contributed by atoms with Crippen LogP contribution in [0.5, 0.6) is 11.5 Å². The summed E-state index contributed by atoms with van der Waals surface area (Å²) in [5.74, 6) is 1.63. The van der Waals surface area contributed by atoms with Crippen molar-refractivity contribution < 1.29 is 4.74 Å². The van der Waals surface area contributed by atoms with Crippen LogP contribution in [0.4, 0.5) is 34.1 Å². The maximum absolute atomic E-state index is 6.74. The van der Waals surface area contributed by atoms with Gasteiger partial charge in [0.05, 0.1) is 22.4 Å². The Bertz CT molecular complexity index is 3000. The Morgan fingerprint density at radius 1 is 0.396 bits per heavy atom. The first-order valence-electron chi connectivity index (χ1n) is 17.8. The molecule has 0 saturated carbocycles. The Morgan fingerprint density at radius 3 is 1.94 bits per heavy atom. The zero-order valence-corrected chi connectivity index (χ0v) is 29.4. The van der Waals surface area contributed by atoms with Gasteiger partial charge in [-0.25, -0.2) is 0 Å². The van der Waals surface area contributed by atoms with Crippen molar-refractivity contribution in [3.63, 3.8) is 0 Å². The van der Waals surface area contributed by atoms with Gasteiger partial charge in [-0.2, -0.15) is 0 Å². The van der Waals surface area contributed by atoms with Gasteiger partial charge in [-0.3, -0.25) is 0 Å². The molecular weight excluding hydrogens is 667 g/mol. The van der Waals surface area contributed by atoms with Crippen LogP contribution < -0.4 is 14.5 Å². The van der Waals surface area contributed by atoms with Gasteiger partial charge in [0.1, 0.15) is 0 Å². The molecule has 0 radical (unpaired) electrons. The third-order valence-corrected chi connectivity index (χ3v) is 11.5. The molecule has 10 aromatic rings. The number of hydrogen-bond acceptors (Lipinski definition) is 4. The SMILES string of the molecule is c1ccc(N(c2ccc3c(c2)Oc2ccccc2N3c2ccc3c(c2)sc2ccccc23)c2ccc3c(c2)c2ccccc2n3-c2ccccc2)cc1. The molecule has 0 aliphatic carbocycles. The highest BCUT2D eigenvalue weighted by atomic mass is 32.1. The molecule has 53 heavy (non-hydrogen) atoms. The van der Waals surface area contributed by atoms with E-state index in [9.17, 15) is 0 Å². The van der Waals surface area contributed by atoms with Gasteiger partial charge in [0.2, 0.25) is 0 Å². The van der Waals surface area contributed by atoms with E-state index in [1.165, 1.54) is 42.0 Å². The van der Waals surface area contributed by atoms with Gasteiger partial charge in [-0.15, -0.1) is 11.3 Å². The average molecular weight is 698 g/mol. The number of para-hydroxylation sites is 5. The summed E-state index contributed by atoms with van der Waals surface area (Å²) in [7, 11) is 0. The lowest BCUT2D eigenvalue weighted by Gasteiger charge is -2.34. The smallest absolute Gasteiger partial charge is 0.153 e. The molecule has 1 aliphatic heterocycles. The van der Waals surface area contributed by atoms with Gasteiger partial charge in [0.15, 0.2) is 11.5 Å². The zero-order valence-electron chi connectivity index (χ0n) is 28.6. The van der Waals surface area contributed by atoms with Crippen molar-refractivity contribution in [3.8, 4) is 17.2 Å². The highest BCUT2D eigenvalue weighted by Crippen LogP contribution is 2.53. The number of anilines is 6. The minimum atomic E-state index is 0.806. The number of thiophene rings is 1. The summed E-state index contributed by atoms with van der Waals surface area (Å²) < 4.78 is 11.7. The maximum Gasteiger partial charge on any atom is 0.153 e. The fourth-order valence-electron chi connectivity index (χ4n) is 8.00. The second kappa shape index (κ2) is 11.9. The predicted molar refractivity (Wildman–Crippen MR) is 223 cm³/mol. The fourth-order valence-corrected chi connectivity index (χ4v) is 9.14. The third-order valence-electron chi connectivity index (χ3n) is 10.3. The summed E-state index contributed by atoms with van der Waals surface area (Å²) in [6.07, 6.45) is 0. The molecule has 8 aromatic carbocycles. The lowest BCUT2D eigenvalue weighted by atomic mass is 10.1. The van der Waals surface area contributed by atoms with Crippen LogP contribution in [0.25, 0.3) is 47.7 Å². The van der Waals surface area contributed by atoms with Crippen LogP contribution in [0.2, 0.25) is 0 Å². The minimum absolute atomic E-state index is 0.806. The van der Waals surface area contributed by atoms with Crippen LogP contribution in [-0.2, 0) is 0 Å². The second-order valence-electron chi connectivity index (χ2n) is 13.4. The first kappa shape index (κ1) is 29.9. The molecule has 11 rings (SSSR count). The first-order chi connectivity index (χ1) is 26.3. The monoisotopic (exact) mass is 697 g/mol. The quantitative estimate of drug-likeness (QED) is 0.179. The van der Waals surface area contributed by atoms with Gasteiger partial charge >= 0.3 is 0 Å². The van der Waals surface area contributed by atoms with Crippen LogP contribution in [0.15, 0.2) is 188 Å². The molecule has 3 heterocycles. The van der Waals surface area contributed by atoms with E-state index < -0.39 is 0 Å². The molecule has 4 nitrogen and oxygen atoms in total. The molecule has 0 saturated heterocycles. The highest BCUT2D eigenvalue weighted by molar-refractivity contribution is 7.25. The maximum atomic E-state index is 6.74. The second-order valence-corrected chi connectivity index (χ2v) is 14.5. The number of rotatable bonds is 5. The number of benzene rings is 8. The van der Waals surface area contributed by atoms with E-state index in [1.54, 1.807) is 0 Å². The van der Waals surface area contributed by atoms with E-state index in [0.717, 1.165) is 51.3 Å². The molecule has 1 aliphatic rings. The van der Waals surface area contributed by atoms with Crippen molar-refractivity contribution in [2.45, 2.75) is 0 Å². The number of hydrogen-bond donors (Lipinski definition) is 0. The van der Waals surface area contributed by atoms with Crippen molar-refractivity contribution >= 4 is 87.4 Å². The van der Waals surface area contributed by atoms with E-state index >= 15 is 0 Å². The largest absolute Gasteiger partial charge is 0.453 e. The molecule has 0 atom stereocenters. The van der Waals surface area contributed by atoms with E-state index in [-0.39, 0.29) is 0 Å². The zero-order chi connectivity index (χ0) is 34.9. The van der Waals surface area contributed by atoms with Crippen molar-refractivity contribution in [1.82, 2.24) is 4.57 Å². The van der Waals surface area contributed by atoms with Gasteiger partial charge in [0.25, 0.3) is 0 Å². The summed E-state index contributed by atoms with van der Waals surface area (Å²) in [6.45, 7) is 0. The molecule has 0 spiro atoms. The van der Waals surface area contributed by atoms with Crippen molar-refractivity contribution in [2.24, 2.45) is 0 Å². The van der Waals surface area contributed by atoms with Gasteiger partial charge < -0.3 is 19.1 Å². The van der Waals surface area contributed by atoms with Crippen molar-refractivity contribution in [3.05, 3.63) is 188 Å². The standard InChI is InChI=1S/C48H31N3OS/c1-3-13-32(14-4-1)49(34-24-27-42-40(29-34)37-17-7-9-19-41(37)50(42)33-15-5-2-6-16-33)35-25-28-44-46(30-35)52-45-21-11-10-20-43(45)51(44)36-23-26-39-38-18-8-12-22-47(38)53-48(39)31-36/h1-31H. The highest BCUT2D eigenvalue weighted by Gasteiger charge is 2.28. The number of ether oxygens (including phenoxy) is 1. The molecule has 0 N–H and O–H groups in total. The Labute approximate surface area is 310 Å². The Morgan fingerprint density at radius 2 is 1.06 bits per heavy atom. The summed E-state index contributed by atoms with van der Waals surface area (Å²) in [4.78, 5) is 4.66. The van der Waals surface area contributed by atoms with Gasteiger partial charge in [-0.1, -0.05) is 91.0 Å². The molecule has 250 valence electrons. The van der Waals surface area contributed by atoms with Crippen LogP contribution in [-0.4, -0.2) is 4.57 Å². The molecule has 0 unspecified atom stereocenters. The van der Waals surface area contributed by atoms with Crippen molar-refractivity contribution in [1.29, 1.82) is 0 Å². The normalized spacial score (nSPS) is 12.3. The molecule has 0 amide bonds. The molecule has 0 bridgehead atoms. The topological polar surface area (TPSA) is 20.6 Å². The van der Waals surface area contributed by atoms with Crippen LogP contribution in [0, 0.1) is 0 Å². The Hall–Kier alpha value is -6.82. The van der Waals surface area contributed by atoms with Crippen LogP contribution in [0.1, 0.15) is 0 Å². The number of aromatic nitrogens is 1. The third kappa shape index (κ3) is 4.75. The summed E-state index contributed by atoms with van der Waals surface area (Å²) in [5, 5.41) is 5.01. The van der Waals surface area contributed by atoms with E-state index in [1.807, 2.05) is 17.4 Å². The van der Waals surface area contributed by atoms with E-state index in [0.29, 0.717) is 0 Å². The van der Waals surface area contributed by atoms with E-state index in [4.69, 9.17) is 4.74 Å². The van der Waals surface area contributed by atoms with Gasteiger partial charge in [0, 0.05) is 65.4 Å². The first-order valence-corrected chi connectivity index (χ1v) is 18.7. The molecule has 0 fully saturated rings.